The number of para-hydroxylation sites is 1. The van der Waals surface area contributed by atoms with Crippen molar-refractivity contribution in [2.45, 2.75) is 58.5 Å². The van der Waals surface area contributed by atoms with Gasteiger partial charge in [-0.05, 0) is 53.2 Å². The van der Waals surface area contributed by atoms with E-state index in [1.54, 1.807) is 12.3 Å². The Morgan fingerprint density at radius 1 is 1.22 bits per heavy atom. The minimum absolute atomic E-state index is 0.0486. The van der Waals surface area contributed by atoms with Crippen LogP contribution < -0.4 is 5.32 Å². The molecule has 0 radical (unpaired) electrons. The van der Waals surface area contributed by atoms with Crippen LogP contribution in [0, 0.1) is 0 Å². The molecule has 1 aliphatic heterocycles. The molecule has 8 heteroatoms. The molecule has 1 N–H and O–H groups in total. The van der Waals surface area contributed by atoms with Crippen LogP contribution in [0.25, 0.3) is 21.8 Å². The van der Waals surface area contributed by atoms with Gasteiger partial charge in [-0.1, -0.05) is 18.2 Å². The number of pyridine rings is 1. The third-order valence-corrected chi connectivity index (χ3v) is 5.19. The third-order valence-electron chi connectivity index (χ3n) is 5.19. The number of hydrogen-bond donors (Lipinski definition) is 1. The quantitative estimate of drug-likeness (QED) is 0.654. The monoisotopic (exact) mass is 439 g/mol. The van der Waals surface area contributed by atoms with E-state index < -0.39 is 17.5 Å². The smallest absolute Gasteiger partial charge is 0.419 e. The van der Waals surface area contributed by atoms with Crippen LogP contribution in [-0.2, 0) is 14.2 Å². The molecular formula is C24H29N3O5. The molecule has 1 aromatic carbocycles. The number of carbonyl (C=O) groups excluding carboxylic acids is 2. The van der Waals surface area contributed by atoms with Crippen molar-refractivity contribution >= 4 is 33.8 Å². The topological polar surface area (TPSA) is 91.7 Å². The number of fused-ring (bicyclic) bond motifs is 3. The lowest BCUT2D eigenvalue weighted by atomic mass is 10.1. The number of amides is 1. The maximum Gasteiger partial charge on any atom is 0.419 e. The number of rotatable bonds is 4. The normalized spacial score (nSPS) is 18.2. The first-order valence-corrected chi connectivity index (χ1v) is 10.8. The van der Waals surface area contributed by atoms with Gasteiger partial charge in [-0.2, -0.15) is 0 Å². The summed E-state index contributed by atoms with van der Waals surface area (Å²) < 4.78 is 18.4. The first-order chi connectivity index (χ1) is 15.0. The van der Waals surface area contributed by atoms with Gasteiger partial charge < -0.3 is 19.5 Å². The molecule has 1 atom stereocenters. The third kappa shape index (κ3) is 4.61. The maximum absolute atomic E-state index is 12.9. The lowest BCUT2D eigenvalue weighted by molar-refractivity contribution is -0.138. The molecule has 1 amide bonds. The molecule has 3 aromatic rings. The second-order valence-electron chi connectivity index (χ2n) is 9.41. The molecule has 1 saturated heterocycles. The first kappa shape index (κ1) is 22.2. The summed E-state index contributed by atoms with van der Waals surface area (Å²) in [4.78, 5) is 29.9. The van der Waals surface area contributed by atoms with E-state index in [4.69, 9.17) is 14.2 Å². The highest BCUT2D eigenvalue weighted by Crippen LogP contribution is 2.30. The Hall–Kier alpha value is -2.97. The zero-order valence-corrected chi connectivity index (χ0v) is 19.1. The van der Waals surface area contributed by atoms with E-state index in [9.17, 15) is 9.59 Å². The van der Waals surface area contributed by atoms with Crippen LogP contribution in [0.1, 0.15) is 51.5 Å². The second-order valence-corrected chi connectivity index (χ2v) is 9.41. The zero-order chi connectivity index (χ0) is 23.1. The van der Waals surface area contributed by atoms with E-state index in [0.29, 0.717) is 30.6 Å². The summed E-state index contributed by atoms with van der Waals surface area (Å²) in [5.74, 6) is -0.858. The van der Waals surface area contributed by atoms with E-state index in [0.717, 1.165) is 10.8 Å². The van der Waals surface area contributed by atoms with E-state index in [1.165, 1.54) is 4.57 Å². The molecule has 0 saturated carbocycles. The Kier molecular flexibility index (Phi) is 5.68. The van der Waals surface area contributed by atoms with Gasteiger partial charge in [-0.15, -0.1) is 0 Å². The molecule has 170 valence electrons. The molecule has 8 nitrogen and oxygen atoms in total. The van der Waals surface area contributed by atoms with Gasteiger partial charge in [0.2, 0.25) is 0 Å². The summed E-state index contributed by atoms with van der Waals surface area (Å²) in [7, 11) is 0. The Balaban J connectivity index is 1.57. The summed E-state index contributed by atoms with van der Waals surface area (Å²) in [5.41, 5.74) is 0.951. The van der Waals surface area contributed by atoms with Gasteiger partial charge in [-0.3, -0.25) is 4.79 Å². The standard InChI is InChI=1S/C24H29N3O5/c1-23(2,3)32-22(29)27-19-9-7-6-8-16(19)17-12-18(26-13-20(17)27)21(28)25-11-10-15-14-30-24(4,5)31-15/h6-9,12-13,15H,10-11,14H2,1-5H3,(H,25,28). The van der Waals surface area contributed by atoms with E-state index in [2.05, 4.69) is 10.3 Å². The number of nitrogens with one attached hydrogen (secondary N) is 1. The highest BCUT2D eigenvalue weighted by molar-refractivity contribution is 6.13. The lowest BCUT2D eigenvalue weighted by Gasteiger charge is -2.20. The van der Waals surface area contributed by atoms with Crippen molar-refractivity contribution in [1.29, 1.82) is 0 Å². The van der Waals surface area contributed by atoms with Crippen molar-refractivity contribution in [3.63, 3.8) is 0 Å². The van der Waals surface area contributed by atoms with Crippen molar-refractivity contribution in [2.24, 2.45) is 0 Å². The fourth-order valence-electron chi connectivity index (χ4n) is 3.84. The van der Waals surface area contributed by atoms with Crippen LogP contribution in [0.2, 0.25) is 0 Å². The SMILES string of the molecule is CC(C)(C)OC(=O)n1c2ccccc2c2cc(C(=O)NCCC3COC(C)(C)O3)ncc21. The highest BCUT2D eigenvalue weighted by Gasteiger charge is 2.32. The van der Waals surface area contributed by atoms with Crippen molar-refractivity contribution < 1.29 is 23.8 Å². The Morgan fingerprint density at radius 3 is 2.66 bits per heavy atom. The molecule has 32 heavy (non-hydrogen) atoms. The predicted octanol–water partition coefficient (Wildman–Crippen LogP) is 4.24. The molecule has 0 spiro atoms. The summed E-state index contributed by atoms with van der Waals surface area (Å²) >= 11 is 0. The van der Waals surface area contributed by atoms with E-state index in [1.807, 2.05) is 58.9 Å². The predicted molar refractivity (Wildman–Crippen MR) is 121 cm³/mol. The van der Waals surface area contributed by atoms with Crippen LogP contribution in [-0.4, -0.2) is 52.2 Å². The summed E-state index contributed by atoms with van der Waals surface area (Å²) in [6.45, 7) is 10.2. The Morgan fingerprint density at radius 2 is 1.97 bits per heavy atom. The molecule has 1 fully saturated rings. The lowest BCUT2D eigenvalue weighted by Crippen LogP contribution is -2.29. The average molecular weight is 440 g/mol. The van der Waals surface area contributed by atoms with Crippen molar-refractivity contribution in [1.82, 2.24) is 14.9 Å². The van der Waals surface area contributed by atoms with E-state index in [-0.39, 0.29) is 17.7 Å². The highest BCUT2D eigenvalue weighted by atomic mass is 16.7. The largest absolute Gasteiger partial charge is 0.443 e. The number of ether oxygens (including phenoxy) is 3. The van der Waals surface area contributed by atoms with E-state index >= 15 is 0 Å². The molecule has 3 heterocycles. The van der Waals surface area contributed by atoms with Crippen molar-refractivity contribution in [3.8, 4) is 0 Å². The number of nitrogens with zero attached hydrogens (tertiary/aromatic N) is 2. The number of benzene rings is 1. The van der Waals surface area contributed by atoms with Gasteiger partial charge in [0, 0.05) is 17.3 Å². The molecule has 0 bridgehead atoms. The molecular weight excluding hydrogens is 410 g/mol. The summed E-state index contributed by atoms with van der Waals surface area (Å²) in [6, 6.07) is 9.24. The molecule has 1 unspecified atom stereocenters. The van der Waals surface area contributed by atoms with Crippen LogP contribution in [0.5, 0.6) is 0 Å². The first-order valence-electron chi connectivity index (χ1n) is 10.8. The van der Waals surface area contributed by atoms with Gasteiger partial charge in [0.05, 0.1) is 29.9 Å². The molecule has 0 aliphatic carbocycles. The van der Waals surface area contributed by atoms with Crippen molar-refractivity contribution in [3.05, 3.63) is 42.2 Å². The Bertz CT molecular complexity index is 1180. The fraction of sp³-hybridized carbons (Fsp3) is 0.458. The Labute approximate surface area is 186 Å². The minimum atomic E-state index is -0.634. The van der Waals surface area contributed by atoms with Crippen molar-refractivity contribution in [2.75, 3.05) is 13.2 Å². The van der Waals surface area contributed by atoms with Gasteiger partial charge in [0.15, 0.2) is 5.79 Å². The van der Waals surface area contributed by atoms with Gasteiger partial charge in [0.1, 0.15) is 11.3 Å². The van der Waals surface area contributed by atoms with Crippen LogP contribution in [0.4, 0.5) is 4.79 Å². The van der Waals surface area contributed by atoms with Crippen LogP contribution in [0.3, 0.4) is 0 Å². The van der Waals surface area contributed by atoms with Crippen LogP contribution >= 0.6 is 0 Å². The fourth-order valence-corrected chi connectivity index (χ4v) is 3.84. The van der Waals surface area contributed by atoms with Gasteiger partial charge in [0.25, 0.3) is 5.91 Å². The number of hydrogen-bond acceptors (Lipinski definition) is 6. The average Bonchev–Trinajstić information content (AvgIpc) is 3.22. The molecule has 4 rings (SSSR count). The number of carbonyl (C=O) groups is 2. The van der Waals surface area contributed by atoms with Crippen LogP contribution in [0.15, 0.2) is 36.5 Å². The molecule has 1 aliphatic rings. The summed E-state index contributed by atoms with van der Waals surface area (Å²) in [5, 5.41) is 4.51. The summed E-state index contributed by atoms with van der Waals surface area (Å²) in [6.07, 6.45) is 1.66. The van der Waals surface area contributed by atoms with Gasteiger partial charge in [-0.25, -0.2) is 14.3 Å². The molecule has 2 aromatic heterocycles. The number of aromatic nitrogens is 2. The maximum atomic E-state index is 12.9. The second kappa shape index (κ2) is 8.18. The van der Waals surface area contributed by atoms with Gasteiger partial charge >= 0.3 is 6.09 Å². The zero-order valence-electron chi connectivity index (χ0n) is 19.1. The minimum Gasteiger partial charge on any atom is -0.443 e.